The number of phosphoric ester groups is 1. The fourth-order valence-electron chi connectivity index (χ4n) is 3.44. The molecule has 0 aromatic carbocycles. The summed E-state index contributed by atoms with van der Waals surface area (Å²) in [5.74, 6) is -0.587. The lowest BCUT2D eigenvalue weighted by Crippen LogP contribution is -2.27. The summed E-state index contributed by atoms with van der Waals surface area (Å²) in [6.07, 6.45) is 25.1. The molecule has 0 aliphatic carbocycles. The van der Waals surface area contributed by atoms with Gasteiger partial charge in [-0.2, -0.15) is 0 Å². The van der Waals surface area contributed by atoms with Crippen molar-refractivity contribution in [2.75, 3.05) is 26.4 Å². The number of rotatable bonds is 26. The van der Waals surface area contributed by atoms with Gasteiger partial charge in [-0.25, -0.2) is 4.57 Å². The van der Waals surface area contributed by atoms with Crippen LogP contribution in [0.15, 0.2) is 36.5 Å². The molecule has 0 saturated heterocycles. The van der Waals surface area contributed by atoms with Crippen LogP contribution in [0.5, 0.6) is 0 Å². The van der Waals surface area contributed by atoms with Gasteiger partial charge >= 0.3 is 13.8 Å². The zero-order chi connectivity index (χ0) is 29.0. The Labute approximate surface area is 235 Å². The van der Waals surface area contributed by atoms with E-state index in [4.69, 9.17) is 13.8 Å². The maximum atomic E-state index is 11.8. The highest BCUT2D eigenvalue weighted by Gasteiger charge is 2.23. The molecule has 0 aliphatic heterocycles. The van der Waals surface area contributed by atoms with E-state index in [0.717, 1.165) is 51.4 Å². The fourth-order valence-corrected chi connectivity index (χ4v) is 4.19. The Hall–Kier alpha value is -1.77. The predicted molar refractivity (Wildman–Crippen MR) is 155 cm³/mol. The summed E-state index contributed by atoms with van der Waals surface area (Å²) in [4.78, 5) is 32.7. The van der Waals surface area contributed by atoms with Gasteiger partial charge in [-0.1, -0.05) is 82.4 Å². The van der Waals surface area contributed by atoms with Gasteiger partial charge in [-0.15, -0.1) is 0 Å². The second kappa shape index (κ2) is 26.5. The van der Waals surface area contributed by atoms with E-state index in [-0.39, 0.29) is 32.1 Å². The number of ether oxygens (including phenoxy) is 1. The third-order valence-electron chi connectivity index (χ3n) is 5.55. The zero-order valence-corrected chi connectivity index (χ0v) is 25.0. The van der Waals surface area contributed by atoms with Crippen molar-refractivity contribution in [1.82, 2.24) is 5.32 Å². The van der Waals surface area contributed by atoms with Crippen molar-refractivity contribution >= 4 is 19.7 Å². The van der Waals surface area contributed by atoms with Gasteiger partial charge in [0.15, 0.2) is 0 Å². The molecule has 39 heavy (non-hydrogen) atoms. The average molecular weight is 574 g/mol. The van der Waals surface area contributed by atoms with Gasteiger partial charge in [0, 0.05) is 19.4 Å². The van der Waals surface area contributed by atoms with E-state index in [2.05, 4.69) is 48.7 Å². The van der Waals surface area contributed by atoms with Crippen molar-refractivity contribution in [1.29, 1.82) is 0 Å². The summed E-state index contributed by atoms with van der Waals surface area (Å²) >= 11 is 0. The molecular weight excluding hydrogens is 521 g/mol. The van der Waals surface area contributed by atoms with Crippen LogP contribution < -0.4 is 5.32 Å². The SMILES string of the molecule is CC/C=C\C/C=C\C/C=C\CCCCCCCCCC(=O)OCC(O)COP(=O)(O)OCCNC(=O)CCC. The fraction of sp³-hybridized carbons (Fsp3) is 0.724. The molecule has 1 amide bonds. The Bertz CT molecular complexity index is 754. The quantitative estimate of drug-likeness (QED) is 0.0475. The van der Waals surface area contributed by atoms with Gasteiger partial charge in [0.05, 0.1) is 13.2 Å². The summed E-state index contributed by atoms with van der Waals surface area (Å²) in [5, 5.41) is 12.4. The van der Waals surface area contributed by atoms with Gasteiger partial charge in [0.25, 0.3) is 0 Å². The number of esters is 1. The Morgan fingerprint density at radius 2 is 1.44 bits per heavy atom. The highest BCUT2D eigenvalue weighted by Crippen LogP contribution is 2.42. The summed E-state index contributed by atoms with van der Waals surface area (Å²) in [5.41, 5.74) is 0. The molecule has 0 bridgehead atoms. The van der Waals surface area contributed by atoms with Crippen molar-refractivity contribution in [2.45, 2.75) is 110 Å². The van der Waals surface area contributed by atoms with E-state index >= 15 is 0 Å². The Morgan fingerprint density at radius 3 is 2.10 bits per heavy atom. The topological polar surface area (TPSA) is 131 Å². The third-order valence-corrected chi connectivity index (χ3v) is 6.54. The molecule has 9 nitrogen and oxygen atoms in total. The van der Waals surface area contributed by atoms with Gasteiger partial charge in [-0.05, 0) is 44.9 Å². The number of hydrogen-bond donors (Lipinski definition) is 3. The van der Waals surface area contributed by atoms with Crippen molar-refractivity contribution in [3.63, 3.8) is 0 Å². The molecule has 0 aromatic heterocycles. The molecule has 2 atom stereocenters. The van der Waals surface area contributed by atoms with Crippen molar-refractivity contribution in [3.8, 4) is 0 Å². The number of allylic oxidation sites excluding steroid dienone is 6. The van der Waals surface area contributed by atoms with Gasteiger partial charge in [-0.3, -0.25) is 18.6 Å². The second-order valence-electron chi connectivity index (χ2n) is 9.34. The normalized spacial score (nSPS) is 14.3. The zero-order valence-electron chi connectivity index (χ0n) is 24.1. The molecule has 0 saturated carbocycles. The number of amides is 1. The van der Waals surface area contributed by atoms with Crippen LogP contribution in [-0.4, -0.2) is 54.3 Å². The number of nitrogens with one attached hydrogen (secondary N) is 1. The highest BCUT2D eigenvalue weighted by atomic mass is 31.2. The molecular formula is C29H52NO8P. The molecule has 0 heterocycles. The third kappa shape index (κ3) is 27.6. The summed E-state index contributed by atoms with van der Waals surface area (Å²) < 4.78 is 26.2. The van der Waals surface area contributed by atoms with Crippen LogP contribution in [0, 0.1) is 0 Å². The van der Waals surface area contributed by atoms with E-state index in [0.29, 0.717) is 12.8 Å². The molecule has 0 radical (unpaired) electrons. The molecule has 0 fully saturated rings. The number of unbranched alkanes of at least 4 members (excludes halogenated alkanes) is 7. The lowest BCUT2D eigenvalue weighted by molar-refractivity contribution is -0.147. The number of aliphatic hydroxyl groups is 1. The van der Waals surface area contributed by atoms with E-state index in [1.54, 1.807) is 0 Å². The predicted octanol–water partition coefficient (Wildman–Crippen LogP) is 6.31. The summed E-state index contributed by atoms with van der Waals surface area (Å²) in [7, 11) is -4.38. The first-order chi connectivity index (χ1) is 18.8. The van der Waals surface area contributed by atoms with E-state index in [1.807, 2.05) is 6.92 Å². The number of aliphatic hydroxyl groups excluding tert-OH is 1. The lowest BCUT2D eigenvalue weighted by Gasteiger charge is -2.15. The van der Waals surface area contributed by atoms with Crippen LogP contribution in [0.4, 0.5) is 0 Å². The number of phosphoric acid groups is 1. The first-order valence-electron chi connectivity index (χ1n) is 14.5. The van der Waals surface area contributed by atoms with Gasteiger partial charge < -0.3 is 20.1 Å². The van der Waals surface area contributed by atoms with E-state index < -0.39 is 26.5 Å². The van der Waals surface area contributed by atoms with Crippen LogP contribution in [0.1, 0.15) is 104 Å². The molecule has 2 unspecified atom stereocenters. The Morgan fingerprint density at radius 1 is 0.821 bits per heavy atom. The molecule has 226 valence electrons. The smallest absolute Gasteiger partial charge is 0.463 e. The largest absolute Gasteiger partial charge is 0.472 e. The molecule has 0 spiro atoms. The minimum Gasteiger partial charge on any atom is -0.463 e. The van der Waals surface area contributed by atoms with E-state index in [1.165, 1.54) is 19.3 Å². The number of carbonyl (C=O) groups excluding carboxylic acids is 2. The molecule has 0 aliphatic rings. The molecule has 3 N–H and O–H groups in total. The van der Waals surface area contributed by atoms with Crippen molar-refractivity contribution in [3.05, 3.63) is 36.5 Å². The number of carbonyl (C=O) groups is 2. The van der Waals surface area contributed by atoms with Gasteiger partial charge in [0.1, 0.15) is 12.7 Å². The highest BCUT2D eigenvalue weighted by molar-refractivity contribution is 7.47. The lowest BCUT2D eigenvalue weighted by atomic mass is 10.1. The average Bonchev–Trinajstić information content (AvgIpc) is 2.90. The van der Waals surface area contributed by atoms with Gasteiger partial charge in [0.2, 0.25) is 5.91 Å². The Kier molecular flexibility index (Phi) is 25.3. The van der Waals surface area contributed by atoms with Crippen LogP contribution in [0.2, 0.25) is 0 Å². The standard InChI is InChI=1S/C29H52NO8P/c1-3-5-6-7-8-9-10-11-12-13-14-15-16-17-18-19-20-22-29(33)36-25-27(31)26-38-39(34,35)37-24-23-30-28(32)21-4-2/h5-6,8-9,11-12,27,31H,3-4,7,10,13-26H2,1-2H3,(H,30,32)(H,34,35)/b6-5-,9-8-,12-11-. The van der Waals surface area contributed by atoms with E-state index in [9.17, 15) is 24.2 Å². The summed E-state index contributed by atoms with van der Waals surface area (Å²) in [6.45, 7) is 3.02. The molecule has 0 rings (SSSR count). The van der Waals surface area contributed by atoms with Crippen LogP contribution in [-0.2, 0) is 27.9 Å². The maximum absolute atomic E-state index is 11.8. The number of hydrogen-bond acceptors (Lipinski definition) is 7. The first-order valence-corrected chi connectivity index (χ1v) is 16.0. The van der Waals surface area contributed by atoms with Crippen molar-refractivity contribution in [2.24, 2.45) is 0 Å². The monoisotopic (exact) mass is 573 g/mol. The second-order valence-corrected chi connectivity index (χ2v) is 10.8. The van der Waals surface area contributed by atoms with Crippen LogP contribution in [0.25, 0.3) is 0 Å². The minimum atomic E-state index is -4.38. The molecule has 10 heteroatoms. The van der Waals surface area contributed by atoms with Crippen LogP contribution >= 0.6 is 7.82 Å². The van der Waals surface area contributed by atoms with Crippen LogP contribution in [0.3, 0.4) is 0 Å². The summed E-state index contributed by atoms with van der Waals surface area (Å²) in [6, 6.07) is 0. The maximum Gasteiger partial charge on any atom is 0.472 e. The minimum absolute atomic E-state index is 0.0701. The van der Waals surface area contributed by atoms with Crippen molar-refractivity contribution < 1.29 is 37.9 Å². The Balaban J connectivity index is 3.62. The first kappa shape index (κ1) is 37.2. The molecule has 0 aromatic rings.